The average Bonchev–Trinajstić information content (AvgIpc) is 3.39. The Bertz CT molecular complexity index is 811. The second-order valence-corrected chi connectivity index (χ2v) is 11.7. The molecule has 4 aliphatic carbocycles. The van der Waals surface area contributed by atoms with Gasteiger partial charge in [-0.3, -0.25) is 0 Å². The van der Waals surface area contributed by atoms with Crippen LogP contribution in [-0.4, -0.2) is 51.4 Å². The predicted octanol–water partition coefficient (Wildman–Crippen LogP) is 3.36. The summed E-state index contributed by atoms with van der Waals surface area (Å²) in [5, 5.41) is 42.8. The Kier molecular flexibility index (Phi) is 5.58. The molecule has 4 aliphatic rings. The van der Waals surface area contributed by atoms with Crippen LogP contribution in [0.25, 0.3) is 0 Å². The Balaban J connectivity index is 1.36. The summed E-state index contributed by atoms with van der Waals surface area (Å²) in [4.78, 5) is 0. The standard InChI is InChI=1S/C26H40O6/c1-23-8-5-20(32-16-19(28)14-27)13-17(23)3-4-22-21(23)6-9-24(2)25(29,10-11-26(22,24)30)18-7-12-31-15-18/h7,12,15,17,19-22,27-30H,3-6,8-11,13-14,16H2,1-2H3/t17?,19?,20?,21-,22-,23+,24-,25?,26-/m1/s1. The molecule has 0 aliphatic heterocycles. The Hall–Kier alpha value is -0.920. The highest BCUT2D eigenvalue weighted by Gasteiger charge is 2.72. The largest absolute Gasteiger partial charge is 0.472 e. The number of hydrogen-bond acceptors (Lipinski definition) is 6. The first-order valence-electron chi connectivity index (χ1n) is 12.6. The van der Waals surface area contributed by atoms with Crippen LogP contribution < -0.4 is 0 Å². The fourth-order valence-corrected chi connectivity index (χ4v) is 8.62. The highest BCUT2D eigenvalue weighted by Crippen LogP contribution is 2.71. The average molecular weight is 449 g/mol. The molecular weight excluding hydrogens is 408 g/mol. The Morgan fingerprint density at radius 1 is 1.06 bits per heavy atom. The quantitative estimate of drug-likeness (QED) is 0.551. The summed E-state index contributed by atoms with van der Waals surface area (Å²) in [7, 11) is 0. The van der Waals surface area contributed by atoms with Crippen molar-refractivity contribution in [2.45, 2.75) is 95.0 Å². The fraction of sp³-hybridized carbons (Fsp3) is 0.846. The zero-order chi connectivity index (χ0) is 22.8. The van der Waals surface area contributed by atoms with E-state index in [4.69, 9.17) is 14.3 Å². The topological polar surface area (TPSA) is 103 Å². The van der Waals surface area contributed by atoms with Crippen LogP contribution in [0, 0.1) is 28.6 Å². The summed E-state index contributed by atoms with van der Waals surface area (Å²) >= 11 is 0. The molecule has 6 nitrogen and oxygen atoms in total. The minimum Gasteiger partial charge on any atom is -0.472 e. The number of hydrogen-bond donors (Lipinski definition) is 4. The molecule has 1 heterocycles. The van der Waals surface area contributed by atoms with Gasteiger partial charge in [-0.15, -0.1) is 0 Å². The maximum atomic E-state index is 12.3. The van der Waals surface area contributed by atoms with Gasteiger partial charge in [-0.25, -0.2) is 0 Å². The Morgan fingerprint density at radius 2 is 1.88 bits per heavy atom. The van der Waals surface area contributed by atoms with Crippen molar-refractivity contribution in [1.29, 1.82) is 0 Å². The summed E-state index contributed by atoms with van der Waals surface area (Å²) in [5.74, 6) is 1.21. The molecule has 0 spiro atoms. The lowest BCUT2D eigenvalue weighted by Gasteiger charge is -2.64. The van der Waals surface area contributed by atoms with E-state index in [-0.39, 0.29) is 30.7 Å². The monoisotopic (exact) mass is 448 g/mol. The van der Waals surface area contributed by atoms with E-state index in [1.54, 1.807) is 12.5 Å². The first-order valence-corrected chi connectivity index (χ1v) is 12.6. The lowest BCUT2D eigenvalue weighted by molar-refractivity contribution is -0.239. The molecule has 5 rings (SSSR count). The van der Waals surface area contributed by atoms with Gasteiger partial charge >= 0.3 is 0 Å². The third-order valence-electron chi connectivity index (χ3n) is 10.7. The molecule has 6 heteroatoms. The fourth-order valence-electron chi connectivity index (χ4n) is 8.62. The van der Waals surface area contributed by atoms with Crippen LogP contribution >= 0.6 is 0 Å². The minimum atomic E-state index is -1.05. The Morgan fingerprint density at radius 3 is 2.59 bits per heavy atom. The molecule has 4 unspecified atom stereocenters. The number of fused-ring (bicyclic) bond motifs is 5. The minimum absolute atomic E-state index is 0.139. The lowest BCUT2D eigenvalue weighted by atomic mass is 9.43. The summed E-state index contributed by atoms with van der Waals surface area (Å²) in [6.07, 6.45) is 10.7. The van der Waals surface area contributed by atoms with Gasteiger partial charge < -0.3 is 29.6 Å². The number of ether oxygens (including phenoxy) is 1. The van der Waals surface area contributed by atoms with Crippen LogP contribution in [0.3, 0.4) is 0 Å². The van der Waals surface area contributed by atoms with Gasteiger partial charge in [0.25, 0.3) is 0 Å². The van der Waals surface area contributed by atoms with Crippen LogP contribution in [0.15, 0.2) is 23.0 Å². The van der Waals surface area contributed by atoms with Crippen molar-refractivity contribution in [3.8, 4) is 0 Å². The van der Waals surface area contributed by atoms with E-state index in [1.807, 2.05) is 6.07 Å². The van der Waals surface area contributed by atoms with Crippen molar-refractivity contribution < 1.29 is 29.6 Å². The van der Waals surface area contributed by atoms with E-state index in [2.05, 4.69) is 13.8 Å². The van der Waals surface area contributed by atoms with Gasteiger partial charge in [0.15, 0.2) is 0 Å². The van der Waals surface area contributed by atoms with E-state index in [9.17, 15) is 15.3 Å². The molecule has 4 N–H and O–H groups in total. The molecule has 4 saturated carbocycles. The third-order valence-corrected chi connectivity index (χ3v) is 10.7. The van der Waals surface area contributed by atoms with E-state index >= 15 is 0 Å². The SMILES string of the molecule is C[C@]12CCC(OCC(O)CO)CC1CC[C@@H]1[C@H]2CC[C@]2(C)C(O)(c3ccoc3)CC[C@@]12O. The van der Waals surface area contributed by atoms with Crippen LogP contribution in [0.5, 0.6) is 0 Å². The molecule has 32 heavy (non-hydrogen) atoms. The van der Waals surface area contributed by atoms with Crippen LogP contribution in [0.4, 0.5) is 0 Å². The van der Waals surface area contributed by atoms with Crippen molar-refractivity contribution in [2.24, 2.45) is 28.6 Å². The highest BCUT2D eigenvalue weighted by atomic mass is 16.5. The molecule has 0 saturated heterocycles. The number of furan rings is 1. The molecule has 9 atom stereocenters. The first kappa shape index (κ1) is 22.9. The van der Waals surface area contributed by atoms with Crippen LogP contribution in [0.1, 0.15) is 77.2 Å². The zero-order valence-corrected chi connectivity index (χ0v) is 19.5. The van der Waals surface area contributed by atoms with E-state index in [0.29, 0.717) is 24.7 Å². The van der Waals surface area contributed by atoms with Crippen molar-refractivity contribution >= 4 is 0 Å². The van der Waals surface area contributed by atoms with E-state index in [1.165, 1.54) is 0 Å². The van der Waals surface area contributed by atoms with Crippen LogP contribution in [0.2, 0.25) is 0 Å². The first-order chi connectivity index (χ1) is 15.2. The molecule has 0 bridgehead atoms. The molecule has 4 fully saturated rings. The molecule has 0 radical (unpaired) electrons. The number of aliphatic hydroxyl groups excluding tert-OH is 2. The van der Waals surface area contributed by atoms with Crippen molar-refractivity contribution in [1.82, 2.24) is 0 Å². The molecule has 0 aromatic carbocycles. The van der Waals surface area contributed by atoms with Gasteiger partial charge in [0.1, 0.15) is 11.7 Å². The molecular formula is C26H40O6. The normalized spacial score (nSPS) is 49.2. The smallest absolute Gasteiger partial charge is 0.101 e. The van der Waals surface area contributed by atoms with Crippen molar-refractivity contribution in [2.75, 3.05) is 13.2 Å². The molecule has 0 amide bonds. The molecule has 1 aromatic rings. The van der Waals surface area contributed by atoms with Gasteiger partial charge in [0.05, 0.1) is 37.4 Å². The van der Waals surface area contributed by atoms with E-state index in [0.717, 1.165) is 50.5 Å². The Labute approximate surface area is 191 Å². The van der Waals surface area contributed by atoms with Gasteiger partial charge in [0.2, 0.25) is 0 Å². The lowest BCUT2D eigenvalue weighted by Crippen LogP contribution is -2.64. The maximum absolute atomic E-state index is 12.3. The van der Waals surface area contributed by atoms with E-state index < -0.39 is 22.7 Å². The highest BCUT2D eigenvalue weighted by molar-refractivity contribution is 5.30. The van der Waals surface area contributed by atoms with Gasteiger partial charge in [-0.1, -0.05) is 13.8 Å². The predicted molar refractivity (Wildman–Crippen MR) is 119 cm³/mol. The van der Waals surface area contributed by atoms with Crippen molar-refractivity contribution in [3.05, 3.63) is 24.2 Å². The molecule has 1 aromatic heterocycles. The summed E-state index contributed by atoms with van der Waals surface area (Å²) in [6, 6.07) is 1.86. The third kappa shape index (κ3) is 3.02. The van der Waals surface area contributed by atoms with Gasteiger partial charge in [-0.05, 0) is 87.0 Å². The van der Waals surface area contributed by atoms with Gasteiger partial charge in [0, 0.05) is 11.0 Å². The second kappa shape index (κ2) is 7.81. The molecule has 180 valence electrons. The van der Waals surface area contributed by atoms with Gasteiger partial charge in [-0.2, -0.15) is 0 Å². The number of aliphatic hydroxyl groups is 4. The van der Waals surface area contributed by atoms with Crippen molar-refractivity contribution in [3.63, 3.8) is 0 Å². The summed E-state index contributed by atoms with van der Waals surface area (Å²) in [5.41, 5.74) is -1.51. The van der Waals surface area contributed by atoms with Crippen LogP contribution in [-0.2, 0) is 10.3 Å². The number of rotatable bonds is 5. The summed E-state index contributed by atoms with van der Waals surface area (Å²) in [6.45, 7) is 4.47. The maximum Gasteiger partial charge on any atom is 0.101 e. The zero-order valence-electron chi connectivity index (χ0n) is 19.5. The second-order valence-electron chi connectivity index (χ2n) is 11.7. The summed E-state index contributed by atoms with van der Waals surface area (Å²) < 4.78 is 11.3.